The van der Waals surface area contributed by atoms with Gasteiger partial charge < -0.3 is 18.5 Å². The van der Waals surface area contributed by atoms with Crippen molar-refractivity contribution < 1.29 is 23.5 Å². The first-order valence-electron chi connectivity index (χ1n) is 8.14. The molecular weight excluding hydrogens is 402 g/mol. The molecule has 0 N–H and O–H groups in total. The summed E-state index contributed by atoms with van der Waals surface area (Å²) >= 11 is 3.18. The van der Waals surface area contributed by atoms with E-state index in [0.717, 1.165) is 11.4 Å². The van der Waals surface area contributed by atoms with Crippen molar-refractivity contribution in [1.82, 2.24) is 4.57 Å². The molecule has 26 heavy (non-hydrogen) atoms. The lowest BCUT2D eigenvalue weighted by Crippen LogP contribution is -2.16. The standard InChI is InChI=1S/C19H22BrNO5/c1-12-9-16(14(3)21(12)13(2)10-24-4)17(22)11-25-19(23)8-6-15-5-7-18(20)26-15/h5-9,13H,10-11H2,1-4H3/b8-6+. The molecule has 0 aliphatic rings. The van der Waals surface area contributed by atoms with Crippen molar-refractivity contribution in [3.8, 4) is 0 Å². The zero-order valence-corrected chi connectivity index (χ0v) is 16.8. The van der Waals surface area contributed by atoms with Crippen LogP contribution in [0.5, 0.6) is 0 Å². The van der Waals surface area contributed by atoms with Gasteiger partial charge in [-0.1, -0.05) is 0 Å². The predicted molar refractivity (Wildman–Crippen MR) is 101 cm³/mol. The first-order valence-corrected chi connectivity index (χ1v) is 8.93. The van der Waals surface area contributed by atoms with Gasteiger partial charge >= 0.3 is 5.97 Å². The summed E-state index contributed by atoms with van der Waals surface area (Å²) in [7, 11) is 1.64. The number of esters is 1. The van der Waals surface area contributed by atoms with E-state index in [9.17, 15) is 9.59 Å². The lowest BCUT2D eigenvalue weighted by Gasteiger charge is -2.17. The number of hydrogen-bond acceptors (Lipinski definition) is 5. The number of carbonyl (C=O) groups is 2. The summed E-state index contributed by atoms with van der Waals surface area (Å²) in [4.78, 5) is 24.2. The highest BCUT2D eigenvalue weighted by Crippen LogP contribution is 2.21. The van der Waals surface area contributed by atoms with E-state index in [1.165, 1.54) is 12.2 Å². The number of nitrogens with zero attached hydrogens (tertiary/aromatic N) is 1. The van der Waals surface area contributed by atoms with Gasteiger partial charge in [-0.2, -0.15) is 0 Å². The first kappa shape index (κ1) is 20.2. The molecule has 140 valence electrons. The van der Waals surface area contributed by atoms with Gasteiger partial charge in [-0.3, -0.25) is 4.79 Å². The number of furan rings is 1. The number of ketones is 1. The normalized spacial score (nSPS) is 12.5. The number of methoxy groups -OCH3 is 1. The number of rotatable bonds is 8. The lowest BCUT2D eigenvalue weighted by molar-refractivity contribution is -0.136. The van der Waals surface area contributed by atoms with Crippen molar-refractivity contribution in [2.45, 2.75) is 26.8 Å². The Morgan fingerprint density at radius 2 is 2.08 bits per heavy atom. The van der Waals surface area contributed by atoms with Crippen molar-refractivity contribution in [2.24, 2.45) is 0 Å². The van der Waals surface area contributed by atoms with E-state index < -0.39 is 5.97 Å². The number of aromatic nitrogens is 1. The van der Waals surface area contributed by atoms with E-state index in [1.54, 1.807) is 19.2 Å². The highest BCUT2D eigenvalue weighted by Gasteiger charge is 2.19. The molecule has 0 aliphatic carbocycles. The van der Waals surface area contributed by atoms with E-state index in [-0.39, 0.29) is 18.4 Å². The minimum atomic E-state index is -0.604. The SMILES string of the molecule is COCC(C)n1c(C)cc(C(=O)COC(=O)/C=C/c2ccc(Br)o2)c1C. The van der Waals surface area contributed by atoms with Crippen molar-refractivity contribution in [1.29, 1.82) is 0 Å². The number of carbonyl (C=O) groups excluding carboxylic acids is 2. The van der Waals surface area contributed by atoms with Crippen LogP contribution in [0.15, 0.2) is 33.4 Å². The molecule has 6 nitrogen and oxygen atoms in total. The molecule has 0 fully saturated rings. The topological polar surface area (TPSA) is 70.7 Å². The first-order chi connectivity index (χ1) is 12.3. The fourth-order valence-electron chi connectivity index (χ4n) is 2.88. The molecule has 0 bridgehead atoms. The summed E-state index contributed by atoms with van der Waals surface area (Å²) in [6.45, 7) is 6.07. The Bertz CT molecular complexity index is 818. The smallest absolute Gasteiger partial charge is 0.331 e. The maximum Gasteiger partial charge on any atom is 0.331 e. The maximum atomic E-state index is 12.4. The number of Topliss-reactive ketones (excluding diaryl/α,β-unsaturated/α-hetero) is 1. The number of aryl methyl sites for hydroxylation is 1. The monoisotopic (exact) mass is 423 g/mol. The number of halogens is 1. The van der Waals surface area contributed by atoms with Crippen molar-refractivity contribution in [3.63, 3.8) is 0 Å². The molecule has 1 unspecified atom stereocenters. The van der Waals surface area contributed by atoms with Crippen LogP contribution in [0.3, 0.4) is 0 Å². The molecule has 2 aromatic rings. The summed E-state index contributed by atoms with van der Waals surface area (Å²) in [6, 6.07) is 5.34. The predicted octanol–water partition coefficient (Wildman–Crippen LogP) is 4.11. The van der Waals surface area contributed by atoms with Gasteiger partial charge in [0.1, 0.15) is 5.76 Å². The van der Waals surface area contributed by atoms with Crippen LogP contribution < -0.4 is 0 Å². The van der Waals surface area contributed by atoms with E-state index in [2.05, 4.69) is 15.9 Å². The van der Waals surface area contributed by atoms with E-state index in [0.29, 0.717) is 22.6 Å². The summed E-state index contributed by atoms with van der Waals surface area (Å²) in [5, 5.41) is 0. The van der Waals surface area contributed by atoms with Crippen LogP contribution in [0.1, 0.15) is 40.5 Å². The fourth-order valence-corrected chi connectivity index (χ4v) is 3.20. The van der Waals surface area contributed by atoms with Crippen molar-refractivity contribution in [3.05, 3.63) is 51.7 Å². The average Bonchev–Trinajstić information content (AvgIpc) is 3.13. The third-order valence-electron chi connectivity index (χ3n) is 3.96. The highest BCUT2D eigenvalue weighted by atomic mass is 79.9. The van der Waals surface area contributed by atoms with Gasteiger partial charge in [-0.25, -0.2) is 4.79 Å². The Balaban J connectivity index is 1.98. The summed E-state index contributed by atoms with van der Waals surface area (Å²) in [5.74, 6) is -0.334. The lowest BCUT2D eigenvalue weighted by atomic mass is 10.1. The van der Waals surface area contributed by atoms with Gasteiger partial charge in [0.15, 0.2) is 11.3 Å². The molecule has 0 amide bonds. The Morgan fingerprint density at radius 1 is 1.35 bits per heavy atom. The Kier molecular flexibility index (Phi) is 6.99. The van der Waals surface area contributed by atoms with Gasteiger partial charge in [-0.05, 0) is 61.0 Å². The van der Waals surface area contributed by atoms with Gasteiger partial charge in [0.05, 0.1) is 12.6 Å². The second-order valence-corrected chi connectivity index (χ2v) is 6.75. The minimum Gasteiger partial charge on any atom is -0.454 e. The zero-order valence-electron chi connectivity index (χ0n) is 15.2. The molecule has 2 heterocycles. The molecule has 0 radical (unpaired) electrons. The molecule has 7 heteroatoms. The summed E-state index contributed by atoms with van der Waals surface area (Å²) in [5.41, 5.74) is 2.35. The van der Waals surface area contributed by atoms with Crippen molar-refractivity contribution in [2.75, 3.05) is 20.3 Å². The largest absolute Gasteiger partial charge is 0.454 e. The molecule has 2 rings (SSSR count). The van der Waals surface area contributed by atoms with E-state index >= 15 is 0 Å². The van der Waals surface area contributed by atoms with Crippen LogP contribution in [-0.2, 0) is 14.3 Å². The van der Waals surface area contributed by atoms with Crippen LogP contribution in [0.2, 0.25) is 0 Å². The van der Waals surface area contributed by atoms with Gasteiger partial charge in [0.2, 0.25) is 5.78 Å². The number of ether oxygens (including phenoxy) is 2. The summed E-state index contributed by atoms with van der Waals surface area (Å²) in [6.07, 6.45) is 2.71. The second kappa shape index (κ2) is 9.00. The minimum absolute atomic E-state index is 0.111. The molecule has 0 saturated carbocycles. The van der Waals surface area contributed by atoms with Crippen LogP contribution in [0, 0.1) is 13.8 Å². The molecular formula is C19H22BrNO5. The Labute approximate surface area is 160 Å². The molecule has 0 spiro atoms. The molecule has 0 saturated heterocycles. The average molecular weight is 424 g/mol. The Hall–Kier alpha value is -2.12. The van der Waals surface area contributed by atoms with Gasteiger partial charge in [0.25, 0.3) is 0 Å². The van der Waals surface area contributed by atoms with E-state index in [4.69, 9.17) is 13.9 Å². The van der Waals surface area contributed by atoms with E-state index in [1.807, 2.05) is 31.4 Å². The van der Waals surface area contributed by atoms with Crippen LogP contribution in [0.4, 0.5) is 0 Å². The van der Waals surface area contributed by atoms with Crippen molar-refractivity contribution >= 4 is 33.8 Å². The highest BCUT2D eigenvalue weighted by molar-refractivity contribution is 9.10. The zero-order chi connectivity index (χ0) is 19.3. The van der Waals surface area contributed by atoms with Gasteiger partial charge in [0, 0.05) is 30.1 Å². The fraction of sp³-hybridized carbons (Fsp3) is 0.368. The van der Waals surface area contributed by atoms with Crippen LogP contribution in [0.25, 0.3) is 6.08 Å². The van der Waals surface area contributed by atoms with Gasteiger partial charge in [-0.15, -0.1) is 0 Å². The molecule has 2 aromatic heterocycles. The second-order valence-electron chi connectivity index (χ2n) is 5.97. The Morgan fingerprint density at radius 3 is 2.69 bits per heavy atom. The molecule has 1 atom stereocenters. The molecule has 0 aromatic carbocycles. The third kappa shape index (κ3) is 4.95. The molecule has 0 aliphatic heterocycles. The summed E-state index contributed by atoms with van der Waals surface area (Å²) < 4.78 is 18.1. The maximum absolute atomic E-state index is 12.4. The third-order valence-corrected chi connectivity index (χ3v) is 4.38. The van der Waals surface area contributed by atoms with Crippen LogP contribution >= 0.6 is 15.9 Å². The number of hydrogen-bond donors (Lipinski definition) is 0. The quantitative estimate of drug-likeness (QED) is 0.363. The van der Waals surface area contributed by atoms with Crippen LogP contribution in [-0.4, -0.2) is 36.6 Å².